The van der Waals surface area contributed by atoms with E-state index in [4.69, 9.17) is 0 Å². The average molecular weight is 381 g/mol. The van der Waals surface area contributed by atoms with E-state index < -0.39 is 11.9 Å². The van der Waals surface area contributed by atoms with Gasteiger partial charge in [0.05, 0.1) is 6.54 Å². The highest BCUT2D eigenvalue weighted by Gasteiger charge is 2.34. The molecular formula is C12H12BrF3N4S. The second-order valence-corrected chi connectivity index (χ2v) is 6.18. The van der Waals surface area contributed by atoms with Gasteiger partial charge in [-0.2, -0.15) is 18.2 Å². The number of aromatic nitrogens is 2. The number of nitrogens with zero attached hydrogens (tertiary/aromatic N) is 3. The Hall–Kier alpha value is -1.35. The van der Waals surface area contributed by atoms with Crippen molar-refractivity contribution in [3.05, 3.63) is 32.6 Å². The highest BCUT2D eigenvalue weighted by molar-refractivity contribution is 9.10. The lowest BCUT2D eigenvalue weighted by Gasteiger charge is -2.19. The summed E-state index contributed by atoms with van der Waals surface area (Å²) in [6.07, 6.45) is -4.50. The van der Waals surface area contributed by atoms with Crippen molar-refractivity contribution in [1.29, 1.82) is 0 Å². The van der Waals surface area contributed by atoms with Gasteiger partial charge in [0, 0.05) is 34.9 Å². The van der Waals surface area contributed by atoms with Crippen LogP contribution in [0.2, 0.25) is 0 Å². The van der Waals surface area contributed by atoms with Crippen molar-refractivity contribution in [3.8, 4) is 0 Å². The predicted molar refractivity (Wildman–Crippen MR) is 80.7 cm³/mol. The normalized spacial score (nSPS) is 11.5. The van der Waals surface area contributed by atoms with E-state index in [2.05, 4.69) is 31.2 Å². The summed E-state index contributed by atoms with van der Waals surface area (Å²) in [5.41, 5.74) is -0.962. The Kier molecular flexibility index (Phi) is 4.72. The van der Waals surface area contributed by atoms with Crippen LogP contribution in [0.15, 0.2) is 22.0 Å². The minimum Gasteiger partial charge on any atom is -0.357 e. The molecule has 4 nitrogen and oxygen atoms in total. The summed E-state index contributed by atoms with van der Waals surface area (Å²) in [6.45, 7) is 0.466. The number of hydrogen-bond acceptors (Lipinski definition) is 5. The third-order valence-corrected chi connectivity index (χ3v) is 4.31. The number of hydrogen-bond donors (Lipinski definition) is 1. The highest BCUT2D eigenvalue weighted by atomic mass is 79.9. The highest BCUT2D eigenvalue weighted by Crippen LogP contribution is 2.31. The van der Waals surface area contributed by atoms with E-state index in [1.54, 1.807) is 11.9 Å². The molecule has 0 bridgehead atoms. The minimum absolute atomic E-state index is 0.0564. The van der Waals surface area contributed by atoms with Gasteiger partial charge in [0.25, 0.3) is 0 Å². The van der Waals surface area contributed by atoms with Crippen molar-refractivity contribution < 1.29 is 13.2 Å². The van der Waals surface area contributed by atoms with E-state index in [-0.39, 0.29) is 11.8 Å². The SMILES string of the molecule is CNc1nc(N(C)Cc2cc(Br)cs2)cc(C(F)(F)F)n1. The van der Waals surface area contributed by atoms with Crippen LogP contribution in [0.1, 0.15) is 10.6 Å². The Morgan fingerprint density at radius 1 is 1.33 bits per heavy atom. The van der Waals surface area contributed by atoms with Crippen molar-refractivity contribution >= 4 is 39.0 Å². The Balaban J connectivity index is 2.29. The molecule has 0 radical (unpaired) electrons. The van der Waals surface area contributed by atoms with Gasteiger partial charge in [0.15, 0.2) is 5.69 Å². The van der Waals surface area contributed by atoms with Gasteiger partial charge < -0.3 is 10.2 Å². The van der Waals surface area contributed by atoms with Crippen LogP contribution in [0.5, 0.6) is 0 Å². The molecule has 2 rings (SSSR count). The summed E-state index contributed by atoms with van der Waals surface area (Å²) in [6, 6.07) is 2.87. The van der Waals surface area contributed by atoms with Crippen molar-refractivity contribution in [2.24, 2.45) is 0 Å². The minimum atomic E-state index is -4.50. The van der Waals surface area contributed by atoms with Crippen LogP contribution in [0.25, 0.3) is 0 Å². The smallest absolute Gasteiger partial charge is 0.357 e. The fourth-order valence-electron chi connectivity index (χ4n) is 1.64. The second-order valence-electron chi connectivity index (χ2n) is 4.27. The van der Waals surface area contributed by atoms with Crippen LogP contribution in [0.4, 0.5) is 24.9 Å². The number of halogens is 4. The van der Waals surface area contributed by atoms with Crippen LogP contribution in [0, 0.1) is 0 Å². The first-order valence-electron chi connectivity index (χ1n) is 5.87. The largest absolute Gasteiger partial charge is 0.433 e. The zero-order chi connectivity index (χ0) is 15.6. The molecule has 2 heterocycles. The number of alkyl halides is 3. The van der Waals surface area contributed by atoms with E-state index in [9.17, 15) is 13.2 Å². The molecule has 21 heavy (non-hydrogen) atoms. The molecule has 114 valence electrons. The molecular weight excluding hydrogens is 369 g/mol. The number of nitrogens with one attached hydrogen (secondary N) is 1. The van der Waals surface area contributed by atoms with Crippen molar-refractivity contribution in [1.82, 2.24) is 9.97 Å². The summed E-state index contributed by atoms with van der Waals surface area (Å²) in [7, 11) is 3.17. The quantitative estimate of drug-likeness (QED) is 0.870. The second kappa shape index (κ2) is 6.18. The fraction of sp³-hybridized carbons (Fsp3) is 0.333. The molecule has 0 saturated heterocycles. The van der Waals surface area contributed by atoms with E-state index >= 15 is 0 Å². The maximum atomic E-state index is 12.8. The zero-order valence-electron chi connectivity index (χ0n) is 11.2. The van der Waals surface area contributed by atoms with Gasteiger partial charge in [0.2, 0.25) is 5.95 Å². The molecule has 0 spiro atoms. The summed E-state index contributed by atoms with van der Waals surface area (Å²) in [5, 5.41) is 4.47. The monoisotopic (exact) mass is 380 g/mol. The Morgan fingerprint density at radius 3 is 2.57 bits per heavy atom. The van der Waals surface area contributed by atoms with Crippen LogP contribution in [-0.4, -0.2) is 24.1 Å². The molecule has 0 atom stereocenters. The summed E-state index contributed by atoms with van der Waals surface area (Å²) >= 11 is 4.87. The lowest BCUT2D eigenvalue weighted by Crippen LogP contribution is -2.20. The first kappa shape index (κ1) is 16.0. The Labute approximate surface area is 132 Å². The van der Waals surface area contributed by atoms with Gasteiger partial charge in [-0.05, 0) is 22.0 Å². The molecule has 1 N–H and O–H groups in total. The molecule has 0 aromatic carbocycles. The van der Waals surface area contributed by atoms with Crippen LogP contribution in [0.3, 0.4) is 0 Å². The van der Waals surface area contributed by atoms with Gasteiger partial charge in [-0.25, -0.2) is 4.98 Å². The lowest BCUT2D eigenvalue weighted by molar-refractivity contribution is -0.141. The maximum absolute atomic E-state index is 12.8. The first-order valence-corrected chi connectivity index (χ1v) is 7.55. The molecule has 0 aliphatic rings. The van der Waals surface area contributed by atoms with Crippen molar-refractivity contribution in [2.75, 3.05) is 24.3 Å². The number of anilines is 2. The van der Waals surface area contributed by atoms with E-state index in [1.165, 1.54) is 18.4 Å². The topological polar surface area (TPSA) is 41.1 Å². The molecule has 9 heteroatoms. The van der Waals surface area contributed by atoms with Gasteiger partial charge >= 0.3 is 6.18 Å². The Morgan fingerprint density at radius 2 is 2.05 bits per heavy atom. The van der Waals surface area contributed by atoms with E-state index in [0.29, 0.717) is 6.54 Å². The number of rotatable bonds is 4. The first-order chi connectivity index (χ1) is 9.79. The molecule has 0 unspecified atom stereocenters. The molecule has 0 amide bonds. The summed E-state index contributed by atoms with van der Waals surface area (Å²) in [5.74, 6) is 0.158. The molecule has 0 saturated carbocycles. The van der Waals surface area contributed by atoms with Crippen molar-refractivity contribution in [3.63, 3.8) is 0 Å². The maximum Gasteiger partial charge on any atom is 0.433 e. The van der Waals surface area contributed by atoms with Gasteiger partial charge in [-0.15, -0.1) is 11.3 Å². The van der Waals surface area contributed by atoms with E-state index in [1.807, 2.05) is 11.4 Å². The molecule has 2 aromatic heterocycles. The molecule has 0 aliphatic carbocycles. The Bertz CT molecular complexity index is 629. The van der Waals surface area contributed by atoms with Gasteiger partial charge in [-0.3, -0.25) is 0 Å². The molecule has 0 fully saturated rings. The van der Waals surface area contributed by atoms with Gasteiger partial charge in [-0.1, -0.05) is 0 Å². The zero-order valence-corrected chi connectivity index (χ0v) is 13.6. The lowest BCUT2D eigenvalue weighted by atomic mass is 10.3. The van der Waals surface area contributed by atoms with Crippen LogP contribution in [-0.2, 0) is 12.7 Å². The van der Waals surface area contributed by atoms with Crippen molar-refractivity contribution in [2.45, 2.75) is 12.7 Å². The third-order valence-electron chi connectivity index (χ3n) is 2.63. The van der Waals surface area contributed by atoms with Crippen LogP contribution >= 0.6 is 27.3 Å². The number of thiophene rings is 1. The average Bonchev–Trinajstić information content (AvgIpc) is 2.82. The molecule has 0 aliphatic heterocycles. The third kappa shape index (κ3) is 4.07. The summed E-state index contributed by atoms with van der Waals surface area (Å²) < 4.78 is 39.5. The summed E-state index contributed by atoms with van der Waals surface area (Å²) in [4.78, 5) is 10.2. The molecule has 2 aromatic rings. The van der Waals surface area contributed by atoms with Gasteiger partial charge in [0.1, 0.15) is 5.82 Å². The fourth-order valence-corrected chi connectivity index (χ4v) is 3.14. The van der Waals surface area contributed by atoms with E-state index in [0.717, 1.165) is 15.4 Å². The standard InChI is InChI=1S/C12H12BrF3N4S/c1-17-11-18-9(12(14,15)16)4-10(19-11)20(2)5-8-3-7(13)6-21-8/h3-4,6H,5H2,1-2H3,(H,17,18,19). The van der Waals surface area contributed by atoms with Crippen LogP contribution < -0.4 is 10.2 Å². The predicted octanol–water partition coefficient (Wildman–Crippen LogP) is 4.00.